The molecule has 1 saturated carbocycles. The van der Waals surface area contributed by atoms with Crippen LogP contribution in [0.2, 0.25) is 0 Å². The number of carbonyl (C=O) groups is 2. The molecular formula is C30H33N5O4. The van der Waals surface area contributed by atoms with E-state index in [1.807, 2.05) is 54.6 Å². The molecule has 0 saturated heterocycles. The van der Waals surface area contributed by atoms with Crippen LogP contribution in [-0.2, 0) is 16.1 Å². The van der Waals surface area contributed by atoms with Crippen LogP contribution in [0, 0.1) is 0 Å². The fourth-order valence-corrected chi connectivity index (χ4v) is 5.24. The molecule has 0 radical (unpaired) electrons. The first kappa shape index (κ1) is 26.2. The topological polar surface area (TPSA) is 98.6 Å². The quantitative estimate of drug-likeness (QED) is 0.340. The Hall–Kier alpha value is -4.40. The van der Waals surface area contributed by atoms with E-state index in [0.29, 0.717) is 28.3 Å². The molecular weight excluding hydrogens is 494 g/mol. The summed E-state index contributed by atoms with van der Waals surface area (Å²) >= 11 is 0. The molecule has 9 heteroatoms. The number of hydrogen-bond donors (Lipinski definition) is 1. The van der Waals surface area contributed by atoms with E-state index in [1.165, 1.54) is 11.3 Å². The van der Waals surface area contributed by atoms with E-state index in [1.54, 1.807) is 37.1 Å². The van der Waals surface area contributed by atoms with Gasteiger partial charge in [0.1, 0.15) is 29.6 Å². The second-order valence-electron chi connectivity index (χ2n) is 9.69. The summed E-state index contributed by atoms with van der Waals surface area (Å²) in [6.45, 7) is -0.115. The molecule has 1 aromatic heterocycles. The Morgan fingerprint density at radius 1 is 0.974 bits per heavy atom. The van der Waals surface area contributed by atoms with Crippen LogP contribution in [0.3, 0.4) is 0 Å². The fourth-order valence-electron chi connectivity index (χ4n) is 5.24. The number of ether oxygens (including phenoxy) is 2. The predicted molar refractivity (Wildman–Crippen MR) is 149 cm³/mol. The number of rotatable bonds is 9. The summed E-state index contributed by atoms with van der Waals surface area (Å²) in [4.78, 5) is 29.9. The minimum atomic E-state index is -0.972. The van der Waals surface area contributed by atoms with Gasteiger partial charge in [0.25, 0.3) is 0 Å². The average molecular weight is 528 g/mol. The van der Waals surface area contributed by atoms with Gasteiger partial charge >= 0.3 is 0 Å². The van der Waals surface area contributed by atoms with Gasteiger partial charge in [-0.1, -0.05) is 60.9 Å². The summed E-state index contributed by atoms with van der Waals surface area (Å²) < 4.78 is 12.7. The van der Waals surface area contributed by atoms with Gasteiger partial charge in [-0.25, -0.2) is 4.68 Å². The van der Waals surface area contributed by atoms with Crippen molar-refractivity contribution in [3.63, 3.8) is 0 Å². The molecule has 1 aliphatic rings. The first-order valence-electron chi connectivity index (χ1n) is 13.3. The maximum Gasteiger partial charge on any atom is 0.249 e. The molecule has 0 aliphatic heterocycles. The van der Waals surface area contributed by atoms with Crippen LogP contribution in [0.5, 0.6) is 11.5 Å². The van der Waals surface area contributed by atoms with Crippen molar-refractivity contribution in [2.24, 2.45) is 0 Å². The van der Waals surface area contributed by atoms with Crippen LogP contribution < -0.4 is 19.7 Å². The molecule has 202 valence electrons. The summed E-state index contributed by atoms with van der Waals surface area (Å²) in [5, 5.41) is 11.7. The number of para-hydroxylation sites is 3. The highest BCUT2D eigenvalue weighted by atomic mass is 16.5. The van der Waals surface area contributed by atoms with Gasteiger partial charge in [-0.2, -0.15) is 0 Å². The Balaban J connectivity index is 1.60. The maximum absolute atomic E-state index is 14.3. The van der Waals surface area contributed by atoms with Crippen molar-refractivity contribution in [2.75, 3.05) is 19.1 Å². The van der Waals surface area contributed by atoms with Crippen LogP contribution in [-0.4, -0.2) is 47.1 Å². The van der Waals surface area contributed by atoms with Crippen LogP contribution in [0.4, 0.5) is 5.69 Å². The number of anilines is 1. The van der Waals surface area contributed by atoms with E-state index in [9.17, 15) is 9.59 Å². The van der Waals surface area contributed by atoms with Crippen molar-refractivity contribution >= 4 is 28.5 Å². The molecule has 1 fully saturated rings. The molecule has 2 amide bonds. The number of amides is 2. The third kappa shape index (κ3) is 5.72. The van der Waals surface area contributed by atoms with Crippen molar-refractivity contribution in [2.45, 2.75) is 50.7 Å². The van der Waals surface area contributed by atoms with Crippen LogP contribution in [0.25, 0.3) is 11.0 Å². The number of nitrogens with zero attached hydrogens (tertiary/aromatic N) is 4. The van der Waals surface area contributed by atoms with E-state index in [0.717, 1.165) is 31.2 Å². The normalized spacial score (nSPS) is 14.5. The molecule has 0 spiro atoms. The Bertz CT molecular complexity index is 1450. The summed E-state index contributed by atoms with van der Waals surface area (Å²) in [5.74, 6) is 0.491. The predicted octanol–water partition coefficient (Wildman–Crippen LogP) is 4.67. The molecule has 9 nitrogen and oxygen atoms in total. The number of fused-ring (bicyclic) bond motifs is 1. The second-order valence-corrected chi connectivity index (χ2v) is 9.69. The van der Waals surface area contributed by atoms with Crippen molar-refractivity contribution in [1.29, 1.82) is 0 Å². The Morgan fingerprint density at radius 3 is 2.54 bits per heavy atom. The summed E-state index contributed by atoms with van der Waals surface area (Å²) in [6, 6.07) is 21.1. The second kappa shape index (κ2) is 12.0. The summed E-state index contributed by atoms with van der Waals surface area (Å²) in [5.41, 5.74) is 2.54. The Labute approximate surface area is 227 Å². The van der Waals surface area contributed by atoms with Crippen LogP contribution >= 0.6 is 0 Å². The van der Waals surface area contributed by atoms with E-state index < -0.39 is 6.04 Å². The molecule has 3 aromatic carbocycles. The third-order valence-corrected chi connectivity index (χ3v) is 7.19. The lowest BCUT2D eigenvalue weighted by atomic mass is 9.94. The molecule has 5 rings (SSSR count). The third-order valence-electron chi connectivity index (χ3n) is 7.19. The van der Waals surface area contributed by atoms with E-state index in [-0.39, 0.29) is 24.4 Å². The molecule has 1 heterocycles. The van der Waals surface area contributed by atoms with Crippen LogP contribution in [0.15, 0.2) is 72.8 Å². The van der Waals surface area contributed by atoms with Crippen molar-refractivity contribution in [3.8, 4) is 11.5 Å². The van der Waals surface area contributed by atoms with Gasteiger partial charge in [0.05, 0.1) is 25.4 Å². The zero-order valence-electron chi connectivity index (χ0n) is 22.2. The Morgan fingerprint density at radius 2 is 1.74 bits per heavy atom. The molecule has 1 atom stereocenters. The number of benzene rings is 3. The van der Waals surface area contributed by atoms with Gasteiger partial charge in [0.15, 0.2) is 0 Å². The highest BCUT2D eigenvalue weighted by Gasteiger charge is 2.36. The molecule has 39 heavy (non-hydrogen) atoms. The first-order valence-corrected chi connectivity index (χ1v) is 13.3. The first-order chi connectivity index (χ1) is 19.1. The zero-order chi connectivity index (χ0) is 27.2. The lowest BCUT2D eigenvalue weighted by molar-refractivity contribution is -0.127. The number of hydrogen-bond acceptors (Lipinski definition) is 6. The highest BCUT2D eigenvalue weighted by Crippen LogP contribution is 2.36. The molecule has 4 aromatic rings. The Kier molecular flexibility index (Phi) is 8.05. The average Bonchev–Trinajstić information content (AvgIpc) is 3.38. The van der Waals surface area contributed by atoms with Gasteiger partial charge in [0.2, 0.25) is 11.8 Å². The largest absolute Gasteiger partial charge is 0.497 e. The van der Waals surface area contributed by atoms with E-state index in [4.69, 9.17) is 9.47 Å². The lowest BCUT2D eigenvalue weighted by Gasteiger charge is -2.34. The number of aromatic nitrogens is 3. The number of carbonyl (C=O) groups excluding carboxylic acids is 2. The monoisotopic (exact) mass is 527 g/mol. The summed E-state index contributed by atoms with van der Waals surface area (Å²) in [6.07, 6.45) is 5.16. The lowest BCUT2D eigenvalue weighted by Crippen LogP contribution is -2.48. The molecule has 1 N–H and O–H groups in total. The zero-order valence-corrected chi connectivity index (χ0v) is 22.2. The van der Waals surface area contributed by atoms with Gasteiger partial charge in [-0.15, -0.1) is 5.10 Å². The SMILES string of the molecule is COc1cccc(C(C(=O)NC2CCCCC2)N(C(=O)Cn2nnc3ccccc32)c2ccccc2OC)c1. The van der Waals surface area contributed by atoms with Crippen molar-refractivity contribution in [3.05, 3.63) is 78.4 Å². The molecule has 1 unspecified atom stereocenters. The van der Waals surface area contributed by atoms with E-state index >= 15 is 0 Å². The van der Waals surface area contributed by atoms with Gasteiger partial charge < -0.3 is 14.8 Å². The number of methoxy groups -OCH3 is 2. The number of nitrogens with one attached hydrogen (secondary N) is 1. The van der Waals surface area contributed by atoms with Crippen LogP contribution in [0.1, 0.15) is 43.7 Å². The smallest absolute Gasteiger partial charge is 0.249 e. The van der Waals surface area contributed by atoms with Gasteiger partial charge in [-0.3, -0.25) is 14.5 Å². The van der Waals surface area contributed by atoms with Crippen molar-refractivity contribution < 1.29 is 19.1 Å². The molecule has 1 aliphatic carbocycles. The maximum atomic E-state index is 14.3. The fraction of sp³-hybridized carbons (Fsp3) is 0.333. The standard InChI is InChI=1S/C30H33N5O4/c1-38-23-14-10-11-21(19-23)29(30(37)31-22-12-4-3-5-13-22)35(26-17-8-9-18-27(26)39-2)28(36)20-34-25-16-7-6-15-24(25)32-33-34/h6-11,14-19,22,29H,3-5,12-13,20H2,1-2H3,(H,31,37). The van der Waals surface area contributed by atoms with Gasteiger partial charge in [0, 0.05) is 6.04 Å². The van der Waals surface area contributed by atoms with E-state index in [2.05, 4.69) is 15.6 Å². The minimum Gasteiger partial charge on any atom is -0.497 e. The highest BCUT2D eigenvalue weighted by molar-refractivity contribution is 6.02. The summed E-state index contributed by atoms with van der Waals surface area (Å²) in [7, 11) is 3.13. The van der Waals surface area contributed by atoms with Crippen molar-refractivity contribution in [1.82, 2.24) is 20.3 Å². The molecule has 0 bridgehead atoms. The minimum absolute atomic E-state index is 0.0632. The van der Waals surface area contributed by atoms with Gasteiger partial charge in [-0.05, 0) is 54.8 Å².